The van der Waals surface area contributed by atoms with Crippen LogP contribution in [0.1, 0.15) is 26.2 Å². The maximum absolute atomic E-state index is 12.4. The Hall–Kier alpha value is -2.39. The van der Waals surface area contributed by atoms with Crippen LogP contribution in [0, 0.1) is 0 Å². The Kier molecular flexibility index (Phi) is 3.97. The summed E-state index contributed by atoms with van der Waals surface area (Å²) < 4.78 is 5.49. The molecule has 2 fully saturated rings. The van der Waals surface area contributed by atoms with Crippen molar-refractivity contribution < 1.29 is 14.2 Å². The molecule has 4 heterocycles. The summed E-state index contributed by atoms with van der Waals surface area (Å²) in [6, 6.07) is 1.50. The maximum Gasteiger partial charge on any atom is 0.265 e. The SMILES string of the molecule is CCN1OCC(N2CCC(C)(c3nc(-c4ncccn4)no3)C2)C1=O. The van der Waals surface area contributed by atoms with Crippen molar-refractivity contribution in [2.45, 2.75) is 31.7 Å². The van der Waals surface area contributed by atoms with E-state index in [-0.39, 0.29) is 17.4 Å². The second-order valence-corrected chi connectivity index (χ2v) is 6.62. The second kappa shape index (κ2) is 6.16. The van der Waals surface area contributed by atoms with E-state index in [1.807, 2.05) is 6.92 Å². The third kappa shape index (κ3) is 2.79. The van der Waals surface area contributed by atoms with Crippen molar-refractivity contribution in [3.8, 4) is 11.6 Å². The van der Waals surface area contributed by atoms with Crippen LogP contribution in [0.2, 0.25) is 0 Å². The predicted molar refractivity (Wildman–Crippen MR) is 86.0 cm³/mol. The first-order valence-corrected chi connectivity index (χ1v) is 8.40. The van der Waals surface area contributed by atoms with Gasteiger partial charge in [-0.15, -0.1) is 0 Å². The maximum atomic E-state index is 12.4. The number of carbonyl (C=O) groups excluding carboxylic acids is 1. The highest BCUT2D eigenvalue weighted by atomic mass is 16.7. The first kappa shape index (κ1) is 16.1. The summed E-state index contributed by atoms with van der Waals surface area (Å²) in [5.41, 5.74) is -0.306. The lowest BCUT2D eigenvalue weighted by molar-refractivity contribution is -0.160. The Labute approximate surface area is 144 Å². The van der Waals surface area contributed by atoms with E-state index in [4.69, 9.17) is 9.36 Å². The average Bonchev–Trinajstić information content (AvgIpc) is 3.34. The Balaban J connectivity index is 1.50. The monoisotopic (exact) mass is 344 g/mol. The molecule has 2 aliphatic heterocycles. The number of hydrogen-bond donors (Lipinski definition) is 0. The number of hydroxylamine groups is 2. The Morgan fingerprint density at radius 2 is 2.12 bits per heavy atom. The summed E-state index contributed by atoms with van der Waals surface area (Å²) in [5, 5.41) is 5.44. The minimum absolute atomic E-state index is 0.0238. The number of likely N-dealkylation sites (N-methyl/N-ethyl adjacent to an activating group) is 1. The van der Waals surface area contributed by atoms with E-state index < -0.39 is 0 Å². The van der Waals surface area contributed by atoms with Gasteiger partial charge in [-0.2, -0.15) is 4.98 Å². The fraction of sp³-hybridized carbons (Fsp3) is 0.562. The summed E-state index contributed by atoms with van der Waals surface area (Å²) in [6.07, 6.45) is 4.12. The van der Waals surface area contributed by atoms with Crippen molar-refractivity contribution in [1.29, 1.82) is 0 Å². The Morgan fingerprint density at radius 1 is 1.32 bits per heavy atom. The highest BCUT2D eigenvalue weighted by Gasteiger charge is 2.46. The molecule has 9 nitrogen and oxygen atoms in total. The van der Waals surface area contributed by atoms with Crippen LogP contribution < -0.4 is 0 Å². The molecule has 0 bridgehead atoms. The quantitative estimate of drug-likeness (QED) is 0.797. The average molecular weight is 344 g/mol. The molecule has 2 atom stereocenters. The summed E-state index contributed by atoms with van der Waals surface area (Å²) in [4.78, 5) is 32.7. The smallest absolute Gasteiger partial charge is 0.265 e. The molecule has 4 rings (SSSR count). The van der Waals surface area contributed by atoms with E-state index in [0.29, 0.717) is 37.2 Å². The van der Waals surface area contributed by atoms with Gasteiger partial charge in [0, 0.05) is 32.0 Å². The minimum atomic E-state index is -0.306. The topological polar surface area (TPSA) is 97.5 Å². The zero-order valence-corrected chi connectivity index (χ0v) is 14.3. The fourth-order valence-electron chi connectivity index (χ4n) is 3.38. The Morgan fingerprint density at radius 3 is 2.84 bits per heavy atom. The third-order valence-corrected chi connectivity index (χ3v) is 4.86. The summed E-state index contributed by atoms with van der Waals surface area (Å²) in [6.45, 7) is 6.39. The van der Waals surface area contributed by atoms with Crippen molar-refractivity contribution in [2.75, 3.05) is 26.2 Å². The number of carbonyl (C=O) groups is 1. The molecule has 132 valence electrons. The number of nitrogens with zero attached hydrogens (tertiary/aromatic N) is 6. The molecule has 2 aliphatic rings. The molecule has 2 unspecified atom stereocenters. The molecule has 0 aliphatic carbocycles. The molecular weight excluding hydrogens is 324 g/mol. The van der Waals surface area contributed by atoms with Crippen LogP contribution in [0.3, 0.4) is 0 Å². The zero-order valence-electron chi connectivity index (χ0n) is 14.3. The second-order valence-electron chi connectivity index (χ2n) is 6.62. The molecule has 9 heteroatoms. The van der Waals surface area contributed by atoms with Gasteiger partial charge >= 0.3 is 0 Å². The fourth-order valence-corrected chi connectivity index (χ4v) is 3.38. The van der Waals surface area contributed by atoms with Crippen LogP contribution in [-0.4, -0.2) is 68.3 Å². The zero-order chi connectivity index (χ0) is 17.4. The molecule has 0 N–H and O–H groups in total. The molecule has 2 saturated heterocycles. The van der Waals surface area contributed by atoms with Crippen molar-refractivity contribution in [1.82, 2.24) is 30.1 Å². The van der Waals surface area contributed by atoms with Gasteiger partial charge in [-0.05, 0) is 26.3 Å². The minimum Gasteiger partial charge on any atom is -0.338 e. The first-order valence-electron chi connectivity index (χ1n) is 8.40. The van der Waals surface area contributed by atoms with Gasteiger partial charge in [-0.25, -0.2) is 15.0 Å². The van der Waals surface area contributed by atoms with Gasteiger partial charge in [-0.1, -0.05) is 5.16 Å². The van der Waals surface area contributed by atoms with Crippen molar-refractivity contribution in [2.24, 2.45) is 0 Å². The van der Waals surface area contributed by atoms with E-state index in [2.05, 4.69) is 31.9 Å². The van der Waals surface area contributed by atoms with E-state index in [9.17, 15) is 4.79 Å². The summed E-state index contributed by atoms with van der Waals surface area (Å²) in [5.74, 6) is 1.40. The van der Waals surface area contributed by atoms with E-state index in [1.54, 1.807) is 18.5 Å². The lowest BCUT2D eigenvalue weighted by Crippen LogP contribution is -2.43. The summed E-state index contributed by atoms with van der Waals surface area (Å²) in [7, 11) is 0. The van der Waals surface area contributed by atoms with E-state index >= 15 is 0 Å². The largest absolute Gasteiger partial charge is 0.338 e. The highest BCUT2D eigenvalue weighted by molar-refractivity contribution is 5.82. The molecule has 25 heavy (non-hydrogen) atoms. The molecular formula is C16H20N6O3. The van der Waals surface area contributed by atoms with Gasteiger partial charge in [0.2, 0.25) is 17.5 Å². The molecule has 0 aromatic carbocycles. The van der Waals surface area contributed by atoms with Gasteiger partial charge in [0.1, 0.15) is 6.04 Å². The van der Waals surface area contributed by atoms with Gasteiger partial charge in [0.25, 0.3) is 5.91 Å². The summed E-state index contributed by atoms with van der Waals surface area (Å²) >= 11 is 0. The van der Waals surface area contributed by atoms with Crippen molar-refractivity contribution in [3.05, 3.63) is 24.4 Å². The number of aromatic nitrogens is 4. The standard InChI is InChI=1S/C16H20N6O3/c1-3-22-14(23)11(9-24-22)21-8-5-16(2,10-21)15-19-13(20-25-15)12-17-6-4-7-18-12/h4,6-7,11H,3,5,8-10H2,1-2H3. The molecule has 0 spiro atoms. The molecule has 0 saturated carbocycles. The van der Waals surface area contributed by atoms with Crippen LogP contribution in [0.25, 0.3) is 11.6 Å². The Bertz CT molecular complexity index is 766. The molecule has 2 aromatic rings. The van der Waals surface area contributed by atoms with Crippen LogP contribution in [0.4, 0.5) is 0 Å². The molecule has 2 aromatic heterocycles. The van der Waals surface area contributed by atoms with Gasteiger partial charge in [-0.3, -0.25) is 14.5 Å². The van der Waals surface area contributed by atoms with Crippen LogP contribution >= 0.6 is 0 Å². The normalized spacial score (nSPS) is 27.4. The number of likely N-dealkylation sites (tertiary alicyclic amines) is 1. The number of hydrogen-bond acceptors (Lipinski definition) is 8. The van der Waals surface area contributed by atoms with Crippen molar-refractivity contribution >= 4 is 5.91 Å². The van der Waals surface area contributed by atoms with Gasteiger partial charge < -0.3 is 4.52 Å². The predicted octanol–water partition coefficient (Wildman–Crippen LogP) is 0.652. The van der Waals surface area contributed by atoms with Crippen LogP contribution in [-0.2, 0) is 15.0 Å². The van der Waals surface area contributed by atoms with Gasteiger partial charge in [0.05, 0.1) is 12.0 Å². The lowest BCUT2D eigenvalue weighted by atomic mass is 9.90. The highest BCUT2D eigenvalue weighted by Crippen LogP contribution is 2.35. The van der Waals surface area contributed by atoms with Crippen LogP contribution in [0.5, 0.6) is 0 Å². The number of amides is 1. The first-order chi connectivity index (χ1) is 12.1. The molecule has 1 amide bonds. The van der Waals surface area contributed by atoms with E-state index in [1.165, 1.54) is 5.06 Å². The lowest BCUT2D eigenvalue weighted by Gasteiger charge is -2.23. The van der Waals surface area contributed by atoms with E-state index in [0.717, 1.165) is 13.0 Å². The van der Waals surface area contributed by atoms with Crippen molar-refractivity contribution in [3.63, 3.8) is 0 Å². The third-order valence-electron chi connectivity index (χ3n) is 4.86. The number of rotatable bonds is 4. The molecule has 0 radical (unpaired) electrons. The van der Waals surface area contributed by atoms with Crippen LogP contribution in [0.15, 0.2) is 23.0 Å². The van der Waals surface area contributed by atoms with Gasteiger partial charge in [0.15, 0.2) is 0 Å².